The van der Waals surface area contributed by atoms with Crippen LogP contribution in [0.4, 0.5) is 0 Å². The predicted octanol–water partition coefficient (Wildman–Crippen LogP) is 6.62. The van der Waals surface area contributed by atoms with E-state index in [-0.39, 0.29) is 18.7 Å². The van der Waals surface area contributed by atoms with Gasteiger partial charge in [0, 0.05) is 46.0 Å². The van der Waals surface area contributed by atoms with Gasteiger partial charge in [-0.15, -0.1) is 0 Å². The number of carboxylic acid groups (broad SMARTS) is 2. The second-order valence-corrected chi connectivity index (χ2v) is 11.5. The van der Waals surface area contributed by atoms with Crippen LogP contribution < -0.4 is 5.32 Å². The Bertz CT molecular complexity index is 2060. The van der Waals surface area contributed by atoms with Gasteiger partial charge in [-0.1, -0.05) is 25.3 Å². The number of amides is 1. The van der Waals surface area contributed by atoms with Gasteiger partial charge in [0.05, 0.1) is 22.8 Å². The Morgan fingerprint density at radius 2 is 1.35 bits per heavy atom. The van der Waals surface area contributed by atoms with E-state index < -0.39 is 18.5 Å². The molecule has 3 aromatic heterocycles. The smallest absolute Gasteiger partial charge is 0.322 e. The van der Waals surface area contributed by atoms with E-state index in [2.05, 4.69) is 28.4 Å². The summed E-state index contributed by atoms with van der Waals surface area (Å²) in [5, 5.41) is 20.9. The zero-order valence-corrected chi connectivity index (χ0v) is 26.4. The summed E-state index contributed by atoms with van der Waals surface area (Å²) < 4.78 is 0. The van der Waals surface area contributed by atoms with Crippen molar-refractivity contribution in [3.8, 4) is 0 Å². The molecule has 0 radical (unpaired) electrons. The lowest BCUT2D eigenvalue weighted by atomic mass is 10.00. The molecule has 46 heavy (non-hydrogen) atoms. The largest absolute Gasteiger partial charge is 0.481 e. The standard InChI is InChI=1S/C36H37N5O5/c1-7-22-18(3)26-13-27-20(5)24(9-11-34(42)37-17-36(45)46)32(40-27)16-33-25(10-12-35(43)44)21(6)29(41-33)15-31-23(8-2)19(4)28(39-31)14-30(22)38-26/h7-8,13-16,38,41H,1-2,9-12,17H2,3-6H3,(H,37,42)(H,43,44)(H,45,46). The van der Waals surface area contributed by atoms with E-state index in [1.165, 1.54) is 0 Å². The first-order valence-electron chi connectivity index (χ1n) is 15.0. The van der Waals surface area contributed by atoms with Crippen molar-refractivity contribution in [2.45, 2.75) is 53.4 Å². The zero-order valence-electron chi connectivity index (χ0n) is 26.4. The topological polar surface area (TPSA) is 161 Å². The minimum atomic E-state index is -1.11. The molecule has 10 nitrogen and oxygen atoms in total. The van der Waals surface area contributed by atoms with Gasteiger partial charge in [0.1, 0.15) is 6.54 Å². The van der Waals surface area contributed by atoms with Gasteiger partial charge in [-0.3, -0.25) is 14.4 Å². The van der Waals surface area contributed by atoms with Crippen molar-refractivity contribution < 1.29 is 24.6 Å². The maximum Gasteiger partial charge on any atom is 0.322 e. The van der Waals surface area contributed by atoms with Crippen LogP contribution in [0.15, 0.2) is 43.5 Å². The van der Waals surface area contributed by atoms with Crippen molar-refractivity contribution in [3.63, 3.8) is 0 Å². The molecule has 0 aromatic carbocycles. The summed E-state index contributed by atoms with van der Waals surface area (Å²) in [5.41, 5.74) is 13.4. The molecule has 236 valence electrons. The number of nitrogens with one attached hydrogen (secondary N) is 3. The Morgan fingerprint density at radius 3 is 2.02 bits per heavy atom. The van der Waals surface area contributed by atoms with E-state index in [1.54, 1.807) is 6.08 Å². The van der Waals surface area contributed by atoms with Crippen molar-refractivity contribution in [1.82, 2.24) is 25.3 Å². The number of aromatic nitrogens is 4. The molecule has 0 atom stereocenters. The fraction of sp³-hybridized carbons (Fsp3) is 0.250. The first kappa shape index (κ1) is 31.9. The number of aromatic amines is 2. The molecular weight excluding hydrogens is 582 g/mol. The van der Waals surface area contributed by atoms with Gasteiger partial charge in [0.2, 0.25) is 5.91 Å². The summed E-state index contributed by atoms with van der Waals surface area (Å²) in [5.74, 6) is -2.39. The van der Waals surface area contributed by atoms with E-state index in [4.69, 9.17) is 15.1 Å². The number of aliphatic carboxylic acids is 2. The molecule has 5 rings (SSSR count). The normalized spacial score (nSPS) is 12.8. The Kier molecular flexibility index (Phi) is 8.91. The summed E-state index contributed by atoms with van der Waals surface area (Å²) in [6.45, 7) is 15.6. The predicted molar refractivity (Wildman–Crippen MR) is 182 cm³/mol. The average Bonchev–Trinajstić information content (AvgIpc) is 3.66. The maximum absolute atomic E-state index is 12.5. The monoisotopic (exact) mass is 619 g/mol. The lowest BCUT2D eigenvalue weighted by molar-refractivity contribution is -0.138. The van der Waals surface area contributed by atoms with Crippen LogP contribution in [0.5, 0.6) is 0 Å². The van der Waals surface area contributed by atoms with Crippen molar-refractivity contribution in [2.24, 2.45) is 0 Å². The van der Waals surface area contributed by atoms with E-state index in [1.807, 2.05) is 58.0 Å². The molecule has 10 heteroatoms. The minimum Gasteiger partial charge on any atom is -0.481 e. The molecular formula is C36H37N5O5. The summed E-state index contributed by atoms with van der Waals surface area (Å²) >= 11 is 0. The Balaban J connectivity index is 1.83. The van der Waals surface area contributed by atoms with Crippen LogP contribution in [0, 0.1) is 13.8 Å². The fourth-order valence-corrected chi connectivity index (χ4v) is 6.04. The van der Waals surface area contributed by atoms with Crippen LogP contribution in [0.1, 0.15) is 78.1 Å². The summed E-state index contributed by atoms with van der Waals surface area (Å²) in [6, 6.07) is 7.84. The number of carbonyl (C=O) groups excluding carboxylic acids is 1. The van der Waals surface area contributed by atoms with Crippen LogP contribution >= 0.6 is 0 Å². The van der Waals surface area contributed by atoms with Crippen molar-refractivity contribution in [2.75, 3.05) is 6.54 Å². The quantitative estimate of drug-likeness (QED) is 0.170. The highest BCUT2D eigenvalue weighted by atomic mass is 16.4. The van der Waals surface area contributed by atoms with E-state index in [9.17, 15) is 19.5 Å². The second-order valence-electron chi connectivity index (χ2n) is 11.5. The third kappa shape index (κ3) is 6.19. The highest BCUT2D eigenvalue weighted by Crippen LogP contribution is 2.36. The number of rotatable bonds is 10. The molecule has 1 amide bonds. The molecule has 2 aliphatic rings. The molecule has 0 spiro atoms. The van der Waals surface area contributed by atoms with Gasteiger partial charge in [-0.25, -0.2) is 9.97 Å². The number of allylic oxidation sites excluding steroid dienone is 5. The van der Waals surface area contributed by atoms with Gasteiger partial charge in [-0.05, 0) is 98.2 Å². The first-order chi connectivity index (χ1) is 21.9. The molecule has 0 aliphatic carbocycles. The van der Waals surface area contributed by atoms with Gasteiger partial charge in [0.25, 0.3) is 0 Å². The van der Waals surface area contributed by atoms with E-state index >= 15 is 0 Å². The highest BCUT2D eigenvalue weighted by Gasteiger charge is 2.21. The Morgan fingerprint density at radius 1 is 0.739 bits per heavy atom. The number of hydrogen-bond donors (Lipinski definition) is 5. The number of aryl methyl sites for hydroxylation is 3. The molecule has 0 fully saturated rings. The molecule has 0 saturated heterocycles. The zero-order chi connectivity index (χ0) is 33.3. The molecule has 2 aliphatic heterocycles. The SMILES string of the molecule is C=CC1=C(C)c2cc3[nH]c(cc4nc(cc5[nH]c(cc1n2)c(C)c5CCC(=O)O)C(CCC(=O)NCC(=O)O)=C4C)c(C)c3C=C. The number of hydrogen-bond acceptors (Lipinski definition) is 5. The number of carboxylic acids is 2. The van der Waals surface area contributed by atoms with Crippen LogP contribution in [0.2, 0.25) is 0 Å². The molecule has 0 saturated carbocycles. The van der Waals surface area contributed by atoms with Crippen LogP contribution in [-0.2, 0) is 20.8 Å². The van der Waals surface area contributed by atoms with Gasteiger partial charge in [-0.2, -0.15) is 0 Å². The fourth-order valence-electron chi connectivity index (χ4n) is 6.04. The van der Waals surface area contributed by atoms with Crippen molar-refractivity contribution in [1.29, 1.82) is 0 Å². The molecule has 5 heterocycles. The Hall–Kier alpha value is -5.51. The first-order valence-corrected chi connectivity index (χ1v) is 15.0. The average molecular weight is 620 g/mol. The van der Waals surface area contributed by atoms with Gasteiger partial charge in [0.15, 0.2) is 0 Å². The molecule has 5 N–H and O–H groups in total. The minimum absolute atomic E-state index is 0.0489. The van der Waals surface area contributed by atoms with Gasteiger partial charge < -0.3 is 25.5 Å². The van der Waals surface area contributed by atoms with Crippen LogP contribution in [-0.4, -0.2) is 54.5 Å². The third-order valence-corrected chi connectivity index (χ3v) is 8.67. The number of nitrogens with zero attached hydrogens (tertiary/aromatic N) is 2. The summed E-state index contributed by atoms with van der Waals surface area (Å²) in [7, 11) is 0. The maximum atomic E-state index is 12.5. The highest BCUT2D eigenvalue weighted by molar-refractivity contribution is 5.98. The van der Waals surface area contributed by atoms with Crippen LogP contribution in [0.3, 0.4) is 0 Å². The second kappa shape index (κ2) is 12.8. The van der Waals surface area contributed by atoms with Crippen molar-refractivity contribution in [3.05, 3.63) is 88.5 Å². The lowest BCUT2D eigenvalue weighted by Gasteiger charge is -2.06. The molecule has 3 aromatic rings. The lowest BCUT2D eigenvalue weighted by Crippen LogP contribution is -2.28. The number of carbonyl (C=O) groups is 3. The van der Waals surface area contributed by atoms with Crippen molar-refractivity contribution >= 4 is 68.3 Å². The van der Waals surface area contributed by atoms with Crippen LogP contribution in [0.25, 0.3) is 50.4 Å². The molecule has 8 bridgehead atoms. The Labute approximate surface area is 266 Å². The number of H-pyrrole nitrogens is 2. The van der Waals surface area contributed by atoms with E-state index in [0.717, 1.165) is 78.0 Å². The summed E-state index contributed by atoms with van der Waals surface area (Å²) in [4.78, 5) is 52.1. The summed E-state index contributed by atoms with van der Waals surface area (Å²) in [6.07, 6.45) is 4.27. The number of fused-ring (bicyclic) bond motifs is 8. The van der Waals surface area contributed by atoms with Gasteiger partial charge >= 0.3 is 11.9 Å². The molecule has 0 unspecified atom stereocenters. The van der Waals surface area contributed by atoms with E-state index in [0.29, 0.717) is 24.2 Å². The third-order valence-electron chi connectivity index (χ3n) is 8.67.